The number of hydrogen-bond donors (Lipinski definition) is 1. The average molecular weight is 368 g/mol. The summed E-state index contributed by atoms with van der Waals surface area (Å²) in [6.45, 7) is 1.86. The number of aryl methyl sites for hydroxylation is 1. The zero-order chi connectivity index (χ0) is 18.9. The van der Waals surface area contributed by atoms with Gasteiger partial charge in [0.25, 0.3) is 5.72 Å². The molecule has 2 aliphatic rings. The lowest BCUT2D eigenvalue weighted by molar-refractivity contribution is -0.317. The average Bonchev–Trinajstić information content (AvgIpc) is 2.89. The fourth-order valence-electron chi connectivity index (χ4n) is 3.85. The number of amides is 1. The van der Waals surface area contributed by atoms with Crippen molar-refractivity contribution in [1.29, 1.82) is 0 Å². The van der Waals surface area contributed by atoms with Gasteiger partial charge in [0.2, 0.25) is 5.91 Å². The topological polar surface area (TPSA) is 52.9 Å². The summed E-state index contributed by atoms with van der Waals surface area (Å²) in [4.78, 5) is 12.5. The molecule has 1 aromatic carbocycles. The molecule has 4 nitrogen and oxygen atoms in total. The quantitative estimate of drug-likeness (QED) is 0.876. The van der Waals surface area contributed by atoms with Crippen molar-refractivity contribution >= 4 is 11.6 Å². The number of rotatable bonds is 4. The van der Waals surface area contributed by atoms with Gasteiger partial charge in [0, 0.05) is 12.1 Å². The molecule has 1 N–H and O–H groups in total. The largest absolute Gasteiger partial charge is 0.439 e. The van der Waals surface area contributed by atoms with Crippen molar-refractivity contribution in [2.75, 3.05) is 0 Å². The summed E-state index contributed by atoms with van der Waals surface area (Å²) in [5.41, 5.74) is -1.91. The minimum absolute atomic E-state index is 0.0564. The zero-order valence-corrected chi connectivity index (χ0v) is 14.7. The van der Waals surface area contributed by atoms with E-state index in [1.807, 2.05) is 37.3 Å². The second-order valence-corrected chi connectivity index (χ2v) is 7.29. The van der Waals surface area contributed by atoms with E-state index in [0.717, 1.165) is 12.0 Å². The van der Waals surface area contributed by atoms with Gasteiger partial charge in [-0.25, -0.2) is 0 Å². The first-order chi connectivity index (χ1) is 12.2. The maximum atomic E-state index is 13.7. The molecule has 0 saturated heterocycles. The van der Waals surface area contributed by atoms with Crippen LogP contribution in [0, 0.1) is 11.8 Å². The van der Waals surface area contributed by atoms with Crippen molar-refractivity contribution in [3.8, 4) is 0 Å². The number of fused-ring (bicyclic) bond motifs is 1. The Hall–Kier alpha value is -1.89. The third kappa shape index (κ3) is 3.37. The van der Waals surface area contributed by atoms with Gasteiger partial charge in [0.05, 0.1) is 5.92 Å². The first kappa shape index (κ1) is 18.9. The number of alkyl halides is 3. The van der Waals surface area contributed by atoms with Crippen LogP contribution in [-0.2, 0) is 11.2 Å². The maximum Gasteiger partial charge on any atom is 0.439 e. The van der Waals surface area contributed by atoms with Gasteiger partial charge in [-0.2, -0.15) is 23.3 Å². The molecule has 142 valence electrons. The summed E-state index contributed by atoms with van der Waals surface area (Å²) in [6, 6.07) is 9.43. The van der Waals surface area contributed by atoms with Gasteiger partial charge in [0.15, 0.2) is 0 Å². The fraction of sp³-hybridized carbons (Fsp3) is 0.579. The lowest BCUT2D eigenvalue weighted by Gasteiger charge is -2.39. The molecule has 0 spiro atoms. The van der Waals surface area contributed by atoms with E-state index < -0.39 is 23.7 Å². The summed E-state index contributed by atoms with van der Waals surface area (Å²) in [6.07, 6.45) is -2.76. The molecule has 7 heteroatoms. The molecule has 1 fully saturated rings. The molecule has 26 heavy (non-hydrogen) atoms. The highest BCUT2D eigenvalue weighted by Crippen LogP contribution is 2.49. The molecule has 1 amide bonds. The predicted molar refractivity (Wildman–Crippen MR) is 91.2 cm³/mol. The van der Waals surface area contributed by atoms with Gasteiger partial charge >= 0.3 is 6.18 Å². The van der Waals surface area contributed by atoms with Crippen LogP contribution in [0.2, 0.25) is 0 Å². The highest BCUT2D eigenvalue weighted by Gasteiger charge is 2.68. The van der Waals surface area contributed by atoms with Gasteiger partial charge in [-0.1, -0.05) is 37.3 Å². The van der Waals surface area contributed by atoms with Gasteiger partial charge in [0.1, 0.15) is 0 Å². The number of carbonyl (C=O) groups excluding carboxylic acids is 1. The number of aliphatic hydroxyl groups is 1. The third-order valence-corrected chi connectivity index (χ3v) is 5.32. The maximum absolute atomic E-state index is 13.7. The van der Waals surface area contributed by atoms with Crippen LogP contribution in [0.4, 0.5) is 13.2 Å². The Kier molecular flexibility index (Phi) is 5.10. The number of carbonyl (C=O) groups is 1. The Bertz CT molecular complexity index is 690. The van der Waals surface area contributed by atoms with E-state index in [2.05, 4.69) is 5.10 Å². The van der Waals surface area contributed by atoms with Crippen molar-refractivity contribution in [2.45, 2.75) is 57.3 Å². The molecule has 0 aromatic heterocycles. The lowest BCUT2D eigenvalue weighted by atomic mass is 9.76. The van der Waals surface area contributed by atoms with Crippen LogP contribution < -0.4 is 0 Å². The van der Waals surface area contributed by atoms with Gasteiger partial charge in [-0.3, -0.25) is 4.79 Å². The number of halogens is 3. The lowest BCUT2D eigenvalue weighted by Crippen LogP contribution is -2.61. The standard InChI is InChI=1S/C19H23F3N2O2/c1-13-10-11-16-15(12-13)18(26,19(20,21)22)24(23-16)17(25)9-5-8-14-6-3-2-4-7-14/h2-4,6-7,13,15,26H,5,8-12H2,1H3/t13-,15-,18-/m1/s1. The Morgan fingerprint density at radius 3 is 2.69 bits per heavy atom. The molecule has 1 aromatic rings. The SMILES string of the molecule is C[C@@H]1CCC2=NN(C(=O)CCCc3ccccc3)[C@](O)(C(F)(F)F)[C@@H]2C1. The Labute approximate surface area is 150 Å². The van der Waals surface area contributed by atoms with Crippen LogP contribution in [0.15, 0.2) is 35.4 Å². The second-order valence-electron chi connectivity index (χ2n) is 7.29. The van der Waals surface area contributed by atoms with Crippen LogP contribution in [-0.4, -0.2) is 33.6 Å². The van der Waals surface area contributed by atoms with Gasteiger partial charge in [-0.05, 0) is 43.6 Å². The van der Waals surface area contributed by atoms with Gasteiger partial charge in [-0.15, -0.1) is 0 Å². The molecule has 0 radical (unpaired) electrons. The number of hydrogen-bond acceptors (Lipinski definition) is 3. The van der Waals surface area contributed by atoms with Crippen molar-refractivity contribution in [3.05, 3.63) is 35.9 Å². The smallest absolute Gasteiger partial charge is 0.362 e. The predicted octanol–water partition coefficient (Wildman–Crippen LogP) is 3.89. The van der Waals surface area contributed by atoms with E-state index in [9.17, 15) is 23.1 Å². The van der Waals surface area contributed by atoms with Gasteiger partial charge < -0.3 is 5.11 Å². The molecule has 0 unspecified atom stereocenters. The first-order valence-corrected chi connectivity index (χ1v) is 8.97. The van der Waals surface area contributed by atoms with E-state index in [-0.39, 0.29) is 18.8 Å². The molecule has 1 aliphatic carbocycles. The van der Waals surface area contributed by atoms with E-state index in [1.54, 1.807) is 0 Å². The van der Waals surface area contributed by atoms with E-state index in [0.29, 0.717) is 30.0 Å². The normalized spacial score (nSPS) is 28.7. The summed E-state index contributed by atoms with van der Waals surface area (Å²) in [5, 5.41) is 14.8. The van der Waals surface area contributed by atoms with Crippen molar-refractivity contribution in [3.63, 3.8) is 0 Å². The van der Waals surface area contributed by atoms with E-state index >= 15 is 0 Å². The Morgan fingerprint density at radius 1 is 1.35 bits per heavy atom. The number of nitrogens with zero attached hydrogens (tertiary/aromatic N) is 2. The summed E-state index contributed by atoms with van der Waals surface area (Å²) >= 11 is 0. The van der Waals surface area contributed by atoms with Crippen LogP contribution in [0.5, 0.6) is 0 Å². The molecule has 1 saturated carbocycles. The molecule has 3 rings (SSSR count). The molecule has 3 atom stereocenters. The molecular formula is C19H23F3N2O2. The highest BCUT2D eigenvalue weighted by molar-refractivity contribution is 5.93. The van der Waals surface area contributed by atoms with E-state index in [4.69, 9.17) is 0 Å². The zero-order valence-electron chi connectivity index (χ0n) is 14.7. The minimum Gasteiger partial charge on any atom is -0.362 e. The summed E-state index contributed by atoms with van der Waals surface area (Å²) in [5.74, 6) is -1.89. The number of hydrazone groups is 1. The summed E-state index contributed by atoms with van der Waals surface area (Å²) in [7, 11) is 0. The van der Waals surface area contributed by atoms with Crippen molar-refractivity contribution in [1.82, 2.24) is 5.01 Å². The Balaban J connectivity index is 1.74. The van der Waals surface area contributed by atoms with Crippen LogP contribution in [0.25, 0.3) is 0 Å². The molecule has 0 bridgehead atoms. The first-order valence-electron chi connectivity index (χ1n) is 8.97. The van der Waals surface area contributed by atoms with Crippen molar-refractivity contribution in [2.24, 2.45) is 16.9 Å². The van der Waals surface area contributed by atoms with Crippen LogP contribution >= 0.6 is 0 Å². The van der Waals surface area contributed by atoms with Crippen molar-refractivity contribution < 1.29 is 23.1 Å². The van der Waals surface area contributed by atoms with Crippen LogP contribution in [0.3, 0.4) is 0 Å². The second kappa shape index (κ2) is 7.02. The minimum atomic E-state index is -4.95. The van der Waals surface area contributed by atoms with E-state index in [1.165, 1.54) is 0 Å². The Morgan fingerprint density at radius 2 is 2.04 bits per heavy atom. The monoisotopic (exact) mass is 368 g/mol. The molecular weight excluding hydrogens is 345 g/mol. The molecule has 1 heterocycles. The third-order valence-electron chi connectivity index (χ3n) is 5.32. The summed E-state index contributed by atoms with van der Waals surface area (Å²) < 4.78 is 41.2. The van der Waals surface area contributed by atoms with Crippen LogP contribution in [0.1, 0.15) is 44.6 Å². The molecule has 1 aliphatic heterocycles. The fourth-order valence-corrected chi connectivity index (χ4v) is 3.85. The highest BCUT2D eigenvalue weighted by atomic mass is 19.4. The number of benzene rings is 1.